The normalized spacial score (nSPS) is 22.7. The van der Waals surface area contributed by atoms with Crippen LogP contribution < -0.4 is 34.5 Å². The Kier molecular flexibility index (Phi) is 12.8. The second kappa shape index (κ2) is 15.9. The van der Waals surface area contributed by atoms with Crippen LogP contribution in [0.4, 0.5) is 5.69 Å². The molecule has 0 spiro atoms. The van der Waals surface area contributed by atoms with E-state index in [0.717, 1.165) is 9.58 Å². The summed E-state index contributed by atoms with van der Waals surface area (Å²) in [6.07, 6.45) is -6.16. The van der Waals surface area contributed by atoms with Crippen LogP contribution in [0.5, 0.6) is 0 Å². The Morgan fingerprint density at radius 1 is 1.11 bits per heavy atom. The minimum Gasteiger partial charge on any atom is -0.748 e. The fourth-order valence-corrected chi connectivity index (χ4v) is 5.71. The zero-order chi connectivity index (χ0) is 33.8. The number of hydrogen-bond donors (Lipinski definition) is 4. The molecule has 0 radical (unpaired) electrons. The molecule has 2 aliphatic rings. The number of hydrogen-bond acceptors (Lipinski definition) is 15. The molecule has 1 amide bonds. The molecule has 0 saturated carbocycles. The van der Waals surface area contributed by atoms with Crippen LogP contribution in [0.15, 0.2) is 47.3 Å². The first kappa shape index (κ1) is 37.7. The first-order valence-electron chi connectivity index (χ1n) is 13.9. The van der Waals surface area contributed by atoms with Gasteiger partial charge >= 0.3 is 29.6 Å². The average Bonchev–Trinajstić information content (AvgIpc) is 3.61. The molecule has 242 valence electrons. The summed E-state index contributed by atoms with van der Waals surface area (Å²) in [5.41, 5.74) is -0.0454. The maximum absolute atomic E-state index is 13.8. The second-order valence-corrected chi connectivity index (χ2v) is 11.9. The number of amides is 1. The molecular weight excluding hydrogens is 647 g/mol. The molecule has 3 heterocycles. The summed E-state index contributed by atoms with van der Waals surface area (Å²) in [7, 11) is -4.36. The molecule has 4 N–H and O–H groups in total. The smallest absolute Gasteiger partial charge is 0.748 e. The van der Waals surface area contributed by atoms with Gasteiger partial charge in [-0.2, -0.15) is 15.8 Å². The van der Waals surface area contributed by atoms with Gasteiger partial charge in [-0.25, -0.2) is 13.1 Å². The van der Waals surface area contributed by atoms with Crippen molar-refractivity contribution in [1.29, 1.82) is 15.8 Å². The van der Waals surface area contributed by atoms with Gasteiger partial charge in [0.25, 0.3) is 5.91 Å². The van der Waals surface area contributed by atoms with Crippen LogP contribution in [-0.2, 0) is 26.2 Å². The summed E-state index contributed by atoms with van der Waals surface area (Å²) >= 11 is 0. The SMILES string of the molecule is CCN(CCCS(=O)(=O)[O-])c1ccc(C2=C(C#N)C(=C(C#N)C#N)N(Cc3cn([C@@H]4O[C@H](CO)[C@@H](O)[C@H](O)[C@H]4O)nn3)C2=O)cc1.[Na+]. The average molecular weight is 677 g/mol. The number of benzene rings is 1. The first-order valence-corrected chi connectivity index (χ1v) is 15.5. The number of aliphatic hydroxyl groups is 4. The van der Waals surface area contributed by atoms with Crippen molar-refractivity contribution in [1.82, 2.24) is 19.9 Å². The molecular formula is C28H29N8NaO9S. The molecule has 0 bridgehead atoms. The maximum Gasteiger partial charge on any atom is 1.00 e. The van der Waals surface area contributed by atoms with Crippen molar-refractivity contribution in [2.24, 2.45) is 0 Å². The van der Waals surface area contributed by atoms with Crippen LogP contribution in [0.3, 0.4) is 0 Å². The van der Waals surface area contributed by atoms with Crippen LogP contribution >= 0.6 is 0 Å². The Labute approximate surface area is 291 Å². The van der Waals surface area contributed by atoms with Crippen LogP contribution in [0, 0.1) is 34.0 Å². The number of carbonyl (C=O) groups is 1. The van der Waals surface area contributed by atoms with Crippen LogP contribution in [-0.4, -0.2) is 109 Å². The molecule has 1 fully saturated rings. The van der Waals surface area contributed by atoms with Crippen molar-refractivity contribution >= 4 is 27.3 Å². The summed E-state index contributed by atoms with van der Waals surface area (Å²) in [5, 5.41) is 77.3. The number of aliphatic hydroxyl groups excluding tert-OH is 4. The van der Waals surface area contributed by atoms with Crippen molar-refractivity contribution in [2.75, 3.05) is 30.3 Å². The summed E-state index contributed by atoms with van der Waals surface area (Å²) in [6, 6.07) is 11.7. The topological polar surface area (TPSA) is 273 Å². The Hall–Kier alpha value is -3.71. The van der Waals surface area contributed by atoms with Crippen molar-refractivity contribution in [3.05, 3.63) is 58.6 Å². The predicted octanol–water partition coefficient (Wildman–Crippen LogP) is -4.36. The van der Waals surface area contributed by atoms with Gasteiger partial charge in [0.1, 0.15) is 48.3 Å². The van der Waals surface area contributed by atoms with Crippen LogP contribution in [0.2, 0.25) is 0 Å². The second-order valence-electron chi connectivity index (χ2n) is 10.4. The van der Waals surface area contributed by atoms with E-state index >= 15 is 0 Å². The van der Waals surface area contributed by atoms with E-state index in [1.807, 2.05) is 17.9 Å². The van der Waals surface area contributed by atoms with E-state index in [9.17, 15) is 54.0 Å². The van der Waals surface area contributed by atoms with E-state index in [2.05, 4.69) is 10.3 Å². The summed E-state index contributed by atoms with van der Waals surface area (Å²) in [4.78, 5) is 16.7. The van der Waals surface area contributed by atoms with Gasteiger partial charge in [0.2, 0.25) is 0 Å². The van der Waals surface area contributed by atoms with E-state index in [-0.39, 0.29) is 71.6 Å². The van der Waals surface area contributed by atoms with Gasteiger partial charge in [0, 0.05) is 24.5 Å². The van der Waals surface area contributed by atoms with Gasteiger partial charge in [0.15, 0.2) is 11.8 Å². The van der Waals surface area contributed by atoms with Gasteiger partial charge in [-0.05, 0) is 31.0 Å². The monoisotopic (exact) mass is 676 g/mol. The Balaban J connectivity index is 0.00000600. The third kappa shape index (κ3) is 8.06. The van der Waals surface area contributed by atoms with Gasteiger partial charge in [-0.3, -0.25) is 9.69 Å². The number of nitriles is 3. The van der Waals surface area contributed by atoms with Crippen molar-refractivity contribution in [3.8, 4) is 18.2 Å². The quantitative estimate of drug-likeness (QED) is 0.0994. The molecule has 19 heteroatoms. The molecule has 0 aliphatic carbocycles. The first-order chi connectivity index (χ1) is 21.9. The van der Waals surface area contributed by atoms with Crippen molar-refractivity contribution < 1.29 is 72.5 Å². The number of carbonyl (C=O) groups excluding carboxylic acids is 1. The molecule has 0 unspecified atom stereocenters. The van der Waals surface area contributed by atoms with Gasteiger partial charge in [0.05, 0.1) is 46.3 Å². The number of allylic oxidation sites excluding steroid dienone is 2. The Bertz CT molecular complexity index is 1760. The van der Waals surface area contributed by atoms with Gasteiger partial charge in [-0.1, -0.05) is 17.3 Å². The third-order valence-electron chi connectivity index (χ3n) is 7.52. The number of anilines is 1. The molecule has 5 atom stereocenters. The number of aromatic nitrogens is 3. The van der Waals surface area contributed by atoms with Gasteiger partial charge in [-0.15, -0.1) is 5.10 Å². The summed E-state index contributed by atoms with van der Waals surface area (Å²) in [5.74, 6) is -1.24. The van der Waals surface area contributed by atoms with E-state index in [0.29, 0.717) is 17.8 Å². The van der Waals surface area contributed by atoms with E-state index in [1.165, 1.54) is 6.20 Å². The van der Waals surface area contributed by atoms with Crippen molar-refractivity contribution in [3.63, 3.8) is 0 Å². The number of nitrogens with zero attached hydrogens (tertiary/aromatic N) is 8. The van der Waals surface area contributed by atoms with Crippen LogP contribution in [0.1, 0.15) is 30.8 Å². The van der Waals surface area contributed by atoms with E-state index in [1.54, 1.807) is 36.4 Å². The van der Waals surface area contributed by atoms with E-state index < -0.39 is 64.6 Å². The van der Waals surface area contributed by atoms with Gasteiger partial charge < -0.3 is 34.6 Å². The molecule has 4 rings (SSSR count). The minimum absolute atomic E-state index is 0. The summed E-state index contributed by atoms with van der Waals surface area (Å²) < 4.78 is 39.4. The van der Waals surface area contributed by atoms with E-state index in [4.69, 9.17) is 4.74 Å². The molecule has 2 aromatic rings. The standard InChI is InChI=1S/C28H30N8O9S.Na/c1-2-34(8-3-9-46(42,43)44)19-6-4-16(5-7-19)22-20(12-31)23(17(10-29)11-30)35(27(22)41)13-18-14-36(33-32-18)28-26(40)25(39)24(38)21(15-37)45-28;/h4-7,14,21,24-26,28,37-40H,2-3,8-9,13,15H2,1H3,(H,42,43,44);/q;+1/p-1/t21-,24-,25+,26-,28-;/m1./s1. The number of rotatable bonds is 11. The molecule has 1 saturated heterocycles. The zero-order valence-electron chi connectivity index (χ0n) is 25.3. The molecule has 1 aromatic carbocycles. The Morgan fingerprint density at radius 3 is 2.32 bits per heavy atom. The fraction of sp³-hybridized carbons (Fsp3) is 0.429. The maximum atomic E-state index is 13.8. The molecule has 47 heavy (non-hydrogen) atoms. The summed E-state index contributed by atoms with van der Waals surface area (Å²) in [6.45, 7) is 1.56. The molecule has 2 aliphatic heterocycles. The third-order valence-corrected chi connectivity index (χ3v) is 8.31. The predicted molar refractivity (Wildman–Crippen MR) is 154 cm³/mol. The molecule has 1 aromatic heterocycles. The fourth-order valence-electron chi connectivity index (χ4n) is 5.23. The minimum atomic E-state index is -4.36. The van der Waals surface area contributed by atoms with Crippen molar-refractivity contribution in [2.45, 2.75) is 50.5 Å². The largest absolute Gasteiger partial charge is 1.00 e. The Morgan fingerprint density at radius 2 is 1.77 bits per heavy atom. The molecule has 17 nitrogen and oxygen atoms in total. The number of ether oxygens (including phenoxy) is 1. The zero-order valence-corrected chi connectivity index (χ0v) is 28.1. The van der Waals surface area contributed by atoms with Crippen LogP contribution in [0.25, 0.3) is 5.57 Å².